The van der Waals surface area contributed by atoms with Crippen LogP contribution >= 0.6 is 0 Å². The molecule has 0 bridgehead atoms. The predicted octanol–water partition coefficient (Wildman–Crippen LogP) is 3.24. The summed E-state index contributed by atoms with van der Waals surface area (Å²) in [5.74, 6) is 2.04. The number of benzene rings is 2. The van der Waals surface area contributed by atoms with Gasteiger partial charge in [-0.3, -0.25) is 0 Å². The molecule has 0 amide bonds. The molecule has 110 valence electrons. The third-order valence-electron chi connectivity index (χ3n) is 3.53. The number of hydrogen-bond acceptors (Lipinski definition) is 4. The molecule has 0 aliphatic carbocycles. The maximum atomic E-state index is 9.11. The second-order valence-corrected chi connectivity index (χ2v) is 4.74. The molecule has 0 aliphatic rings. The Hall–Kier alpha value is -3.00. The number of para-hydroxylation sites is 2. The zero-order valence-electron chi connectivity index (χ0n) is 12.4. The highest BCUT2D eigenvalue weighted by Gasteiger charge is 2.14. The van der Waals surface area contributed by atoms with Crippen molar-refractivity contribution >= 4 is 11.0 Å². The average Bonchev–Trinajstić information content (AvgIpc) is 2.93. The molecule has 0 unspecified atom stereocenters. The van der Waals surface area contributed by atoms with Crippen molar-refractivity contribution in [3.05, 3.63) is 42.5 Å². The summed E-state index contributed by atoms with van der Waals surface area (Å²) in [6.45, 7) is 0.240. The number of imidazole rings is 1. The van der Waals surface area contributed by atoms with Gasteiger partial charge in [-0.2, -0.15) is 5.26 Å². The monoisotopic (exact) mass is 293 g/mol. The molecule has 0 radical (unpaired) electrons. The molecule has 0 fully saturated rings. The van der Waals surface area contributed by atoms with Gasteiger partial charge in [0.15, 0.2) is 11.5 Å². The fourth-order valence-corrected chi connectivity index (χ4v) is 2.50. The zero-order valence-corrected chi connectivity index (χ0v) is 12.4. The molecule has 1 aromatic heterocycles. The third-order valence-corrected chi connectivity index (χ3v) is 3.53. The lowest BCUT2D eigenvalue weighted by molar-refractivity contribution is 0.355. The first-order chi connectivity index (χ1) is 10.8. The van der Waals surface area contributed by atoms with Crippen molar-refractivity contribution in [1.29, 1.82) is 5.26 Å². The van der Waals surface area contributed by atoms with Gasteiger partial charge >= 0.3 is 0 Å². The Morgan fingerprint density at radius 2 is 1.86 bits per heavy atom. The standard InChI is InChI=1S/C17H15N3O2/c1-21-15-8-7-12(11-16(15)22-2)17-19-13-5-3-4-6-14(13)20(17)10-9-18/h3-8,11H,10H2,1-2H3. The summed E-state index contributed by atoms with van der Waals surface area (Å²) >= 11 is 0. The predicted molar refractivity (Wildman–Crippen MR) is 83.9 cm³/mol. The fourth-order valence-electron chi connectivity index (χ4n) is 2.50. The molecule has 0 aliphatic heterocycles. The molecule has 1 heterocycles. The van der Waals surface area contributed by atoms with E-state index >= 15 is 0 Å². The summed E-state index contributed by atoms with van der Waals surface area (Å²) in [7, 11) is 3.20. The molecule has 0 saturated carbocycles. The van der Waals surface area contributed by atoms with Gasteiger partial charge in [0.25, 0.3) is 0 Å². The minimum absolute atomic E-state index is 0.240. The van der Waals surface area contributed by atoms with Gasteiger partial charge in [-0.15, -0.1) is 0 Å². The second kappa shape index (κ2) is 5.78. The van der Waals surface area contributed by atoms with Crippen molar-refractivity contribution in [2.75, 3.05) is 14.2 Å². The molecule has 3 rings (SSSR count). The molecular weight excluding hydrogens is 278 g/mol. The van der Waals surface area contributed by atoms with E-state index in [4.69, 9.17) is 14.7 Å². The molecule has 0 N–H and O–H groups in total. The van der Waals surface area contributed by atoms with Crippen molar-refractivity contribution in [3.8, 4) is 29.0 Å². The summed E-state index contributed by atoms with van der Waals surface area (Å²) in [5.41, 5.74) is 2.68. The Balaban J connectivity index is 2.21. The fraction of sp³-hybridized carbons (Fsp3) is 0.176. The van der Waals surface area contributed by atoms with Crippen molar-refractivity contribution < 1.29 is 9.47 Å². The van der Waals surface area contributed by atoms with Gasteiger partial charge in [0.05, 0.1) is 31.3 Å². The van der Waals surface area contributed by atoms with Gasteiger partial charge in [0, 0.05) is 5.56 Å². The summed E-state index contributed by atoms with van der Waals surface area (Å²) in [6.07, 6.45) is 0. The Bertz CT molecular complexity index is 862. The van der Waals surface area contributed by atoms with Crippen LogP contribution in [-0.2, 0) is 6.54 Å². The van der Waals surface area contributed by atoms with Gasteiger partial charge < -0.3 is 14.0 Å². The van der Waals surface area contributed by atoms with Crippen LogP contribution in [0.3, 0.4) is 0 Å². The number of nitrogens with zero attached hydrogens (tertiary/aromatic N) is 3. The first kappa shape index (κ1) is 14.0. The number of fused-ring (bicyclic) bond motifs is 1. The molecule has 0 atom stereocenters. The van der Waals surface area contributed by atoms with Gasteiger partial charge in [-0.05, 0) is 30.3 Å². The van der Waals surface area contributed by atoms with E-state index in [1.807, 2.05) is 47.0 Å². The molecule has 2 aromatic carbocycles. The SMILES string of the molecule is COc1ccc(-c2nc3ccccc3n2CC#N)cc1OC. The Morgan fingerprint density at radius 3 is 2.59 bits per heavy atom. The molecule has 0 saturated heterocycles. The van der Waals surface area contributed by atoms with Crippen LogP contribution < -0.4 is 9.47 Å². The van der Waals surface area contributed by atoms with Crippen LogP contribution in [0.5, 0.6) is 11.5 Å². The molecular formula is C17H15N3O2. The second-order valence-electron chi connectivity index (χ2n) is 4.74. The summed E-state index contributed by atoms with van der Waals surface area (Å²) in [6, 6.07) is 15.6. The van der Waals surface area contributed by atoms with Crippen LogP contribution in [0.1, 0.15) is 0 Å². The number of hydrogen-bond donors (Lipinski definition) is 0. The van der Waals surface area contributed by atoms with E-state index in [0.717, 1.165) is 22.4 Å². The van der Waals surface area contributed by atoms with Crippen LogP contribution in [0.2, 0.25) is 0 Å². The van der Waals surface area contributed by atoms with Crippen molar-refractivity contribution in [2.24, 2.45) is 0 Å². The summed E-state index contributed by atoms with van der Waals surface area (Å²) < 4.78 is 12.5. The van der Waals surface area contributed by atoms with Gasteiger partial charge in [0.1, 0.15) is 12.4 Å². The van der Waals surface area contributed by atoms with Gasteiger partial charge in [0.2, 0.25) is 0 Å². The molecule has 0 spiro atoms. The topological polar surface area (TPSA) is 60.1 Å². The maximum Gasteiger partial charge on any atom is 0.161 e. The first-order valence-electron chi connectivity index (χ1n) is 6.83. The Kier molecular flexibility index (Phi) is 3.67. The minimum atomic E-state index is 0.240. The molecule has 3 aromatic rings. The Morgan fingerprint density at radius 1 is 1.09 bits per heavy atom. The minimum Gasteiger partial charge on any atom is -0.493 e. The number of nitriles is 1. The largest absolute Gasteiger partial charge is 0.493 e. The van der Waals surface area contributed by atoms with E-state index in [1.54, 1.807) is 14.2 Å². The lowest BCUT2D eigenvalue weighted by Crippen LogP contribution is -1.99. The first-order valence-corrected chi connectivity index (χ1v) is 6.83. The van der Waals surface area contributed by atoms with Crippen molar-refractivity contribution in [3.63, 3.8) is 0 Å². The third kappa shape index (κ3) is 2.25. The highest BCUT2D eigenvalue weighted by atomic mass is 16.5. The molecule has 22 heavy (non-hydrogen) atoms. The Labute approximate surface area is 128 Å². The van der Waals surface area contributed by atoms with Crippen molar-refractivity contribution in [1.82, 2.24) is 9.55 Å². The van der Waals surface area contributed by atoms with E-state index in [0.29, 0.717) is 11.5 Å². The molecule has 5 heteroatoms. The number of rotatable bonds is 4. The average molecular weight is 293 g/mol. The van der Waals surface area contributed by atoms with E-state index in [9.17, 15) is 0 Å². The van der Waals surface area contributed by atoms with E-state index in [2.05, 4.69) is 11.1 Å². The number of methoxy groups -OCH3 is 2. The van der Waals surface area contributed by atoms with E-state index in [-0.39, 0.29) is 6.54 Å². The zero-order chi connectivity index (χ0) is 15.5. The van der Waals surface area contributed by atoms with E-state index < -0.39 is 0 Å². The normalized spacial score (nSPS) is 10.4. The van der Waals surface area contributed by atoms with Crippen LogP contribution in [0.25, 0.3) is 22.4 Å². The highest BCUT2D eigenvalue weighted by molar-refractivity contribution is 5.81. The number of ether oxygens (including phenoxy) is 2. The lowest BCUT2D eigenvalue weighted by Gasteiger charge is -2.10. The maximum absolute atomic E-state index is 9.11. The van der Waals surface area contributed by atoms with Crippen LogP contribution in [0.15, 0.2) is 42.5 Å². The van der Waals surface area contributed by atoms with Gasteiger partial charge in [-0.1, -0.05) is 12.1 Å². The van der Waals surface area contributed by atoms with E-state index in [1.165, 1.54) is 0 Å². The smallest absolute Gasteiger partial charge is 0.161 e. The summed E-state index contributed by atoms with van der Waals surface area (Å²) in [5, 5.41) is 9.11. The number of aromatic nitrogens is 2. The van der Waals surface area contributed by atoms with Crippen molar-refractivity contribution in [2.45, 2.75) is 6.54 Å². The quantitative estimate of drug-likeness (QED) is 0.741. The van der Waals surface area contributed by atoms with Crippen LogP contribution in [0.4, 0.5) is 0 Å². The summed E-state index contributed by atoms with van der Waals surface area (Å²) in [4.78, 5) is 4.65. The highest BCUT2D eigenvalue weighted by Crippen LogP contribution is 2.33. The van der Waals surface area contributed by atoms with Gasteiger partial charge in [-0.25, -0.2) is 4.98 Å². The lowest BCUT2D eigenvalue weighted by atomic mass is 10.2. The molecule has 5 nitrogen and oxygen atoms in total. The van der Waals surface area contributed by atoms with Crippen LogP contribution in [-0.4, -0.2) is 23.8 Å². The van der Waals surface area contributed by atoms with Crippen LogP contribution in [0, 0.1) is 11.3 Å².